The van der Waals surface area contributed by atoms with Gasteiger partial charge in [0.05, 0.1) is 5.56 Å². The van der Waals surface area contributed by atoms with E-state index in [1.165, 1.54) is 31.3 Å². The van der Waals surface area contributed by atoms with Crippen molar-refractivity contribution in [2.75, 3.05) is 17.7 Å². The molecule has 0 saturated carbocycles. The van der Waals surface area contributed by atoms with Crippen molar-refractivity contribution in [3.8, 4) is 5.75 Å². The van der Waals surface area contributed by atoms with Gasteiger partial charge in [0.25, 0.3) is 5.91 Å². The average Bonchev–Trinajstić information content (AvgIpc) is 2.48. The standard InChI is InChI=1S/C14H11F3N2O2/c1-19(8-4-2-7(18)3-5-8)14(21)9-6-10(15)12(17)13(20)11(9)16/h2-6,20H,18H2,1H3. The lowest BCUT2D eigenvalue weighted by atomic mass is 10.1. The number of aromatic hydroxyl groups is 1. The second kappa shape index (κ2) is 5.35. The van der Waals surface area contributed by atoms with Crippen LogP contribution >= 0.6 is 0 Å². The van der Waals surface area contributed by atoms with Crippen LogP contribution in [0.5, 0.6) is 5.75 Å². The molecule has 0 aliphatic carbocycles. The number of hydrogen-bond acceptors (Lipinski definition) is 3. The SMILES string of the molecule is CN(C(=O)c1cc(F)c(F)c(O)c1F)c1ccc(N)cc1. The van der Waals surface area contributed by atoms with Crippen molar-refractivity contribution < 1.29 is 23.1 Å². The predicted molar refractivity (Wildman–Crippen MR) is 71.6 cm³/mol. The van der Waals surface area contributed by atoms with E-state index >= 15 is 0 Å². The fourth-order valence-corrected chi connectivity index (χ4v) is 1.74. The minimum atomic E-state index is -1.74. The van der Waals surface area contributed by atoms with E-state index < -0.39 is 34.7 Å². The number of phenolic OH excluding ortho intramolecular Hbond substituents is 1. The molecular formula is C14H11F3N2O2. The van der Waals surface area contributed by atoms with Gasteiger partial charge in [-0.1, -0.05) is 0 Å². The number of phenols is 1. The molecule has 0 spiro atoms. The topological polar surface area (TPSA) is 66.6 Å². The summed E-state index contributed by atoms with van der Waals surface area (Å²) >= 11 is 0. The molecule has 0 fully saturated rings. The molecule has 4 nitrogen and oxygen atoms in total. The Kier molecular flexibility index (Phi) is 3.75. The molecule has 0 radical (unpaired) electrons. The van der Waals surface area contributed by atoms with Gasteiger partial charge in [-0.3, -0.25) is 4.79 Å². The molecule has 0 unspecified atom stereocenters. The molecule has 1 amide bonds. The maximum Gasteiger partial charge on any atom is 0.261 e. The number of carbonyl (C=O) groups is 1. The van der Waals surface area contributed by atoms with Crippen molar-refractivity contribution in [3.63, 3.8) is 0 Å². The summed E-state index contributed by atoms with van der Waals surface area (Å²) in [5.74, 6) is -7.22. The van der Waals surface area contributed by atoms with Crippen molar-refractivity contribution in [2.24, 2.45) is 0 Å². The lowest BCUT2D eigenvalue weighted by molar-refractivity contribution is 0.0987. The van der Waals surface area contributed by atoms with Crippen LogP contribution in [0.3, 0.4) is 0 Å². The molecule has 0 atom stereocenters. The molecule has 0 aromatic heterocycles. The average molecular weight is 296 g/mol. The Morgan fingerprint density at radius 2 is 1.71 bits per heavy atom. The van der Waals surface area contributed by atoms with Crippen LogP contribution in [0.25, 0.3) is 0 Å². The van der Waals surface area contributed by atoms with Gasteiger partial charge in [0.1, 0.15) is 0 Å². The zero-order valence-electron chi connectivity index (χ0n) is 10.9. The van der Waals surface area contributed by atoms with Crippen LogP contribution < -0.4 is 10.6 Å². The fraction of sp³-hybridized carbons (Fsp3) is 0.0714. The second-order valence-corrected chi connectivity index (χ2v) is 4.34. The molecule has 2 aromatic rings. The minimum absolute atomic E-state index is 0.373. The highest BCUT2D eigenvalue weighted by molar-refractivity contribution is 6.06. The molecule has 0 bridgehead atoms. The van der Waals surface area contributed by atoms with Crippen LogP contribution in [-0.4, -0.2) is 18.1 Å². The van der Waals surface area contributed by atoms with Gasteiger partial charge < -0.3 is 15.7 Å². The molecule has 2 rings (SSSR count). The third-order valence-corrected chi connectivity index (χ3v) is 2.95. The number of amides is 1. The second-order valence-electron chi connectivity index (χ2n) is 4.34. The summed E-state index contributed by atoms with van der Waals surface area (Å²) in [4.78, 5) is 13.1. The molecule has 2 aromatic carbocycles. The van der Waals surface area contributed by atoms with E-state index in [1.807, 2.05) is 0 Å². The first kappa shape index (κ1) is 14.7. The Labute approximate surface area is 118 Å². The van der Waals surface area contributed by atoms with Crippen molar-refractivity contribution in [1.29, 1.82) is 0 Å². The van der Waals surface area contributed by atoms with Gasteiger partial charge >= 0.3 is 0 Å². The Bertz CT molecular complexity index is 702. The number of hydrogen-bond donors (Lipinski definition) is 2. The largest absolute Gasteiger partial charge is 0.503 e. The lowest BCUT2D eigenvalue weighted by Gasteiger charge is -2.18. The summed E-state index contributed by atoms with van der Waals surface area (Å²) in [5.41, 5.74) is 5.58. The highest BCUT2D eigenvalue weighted by Crippen LogP contribution is 2.27. The van der Waals surface area contributed by atoms with E-state index in [2.05, 4.69) is 0 Å². The quantitative estimate of drug-likeness (QED) is 0.661. The summed E-state index contributed by atoms with van der Waals surface area (Å²) in [6.07, 6.45) is 0. The summed E-state index contributed by atoms with van der Waals surface area (Å²) in [5, 5.41) is 9.13. The third kappa shape index (κ3) is 2.62. The Morgan fingerprint density at radius 1 is 1.14 bits per heavy atom. The van der Waals surface area contributed by atoms with E-state index in [0.29, 0.717) is 17.4 Å². The van der Waals surface area contributed by atoms with Crippen molar-refractivity contribution >= 4 is 17.3 Å². The first-order valence-corrected chi connectivity index (χ1v) is 5.83. The van der Waals surface area contributed by atoms with Crippen LogP contribution in [0.15, 0.2) is 30.3 Å². The molecule has 0 aliphatic heterocycles. The van der Waals surface area contributed by atoms with Gasteiger partial charge in [0, 0.05) is 18.4 Å². The number of carbonyl (C=O) groups excluding carboxylic acids is 1. The lowest BCUT2D eigenvalue weighted by Crippen LogP contribution is -2.27. The van der Waals surface area contributed by atoms with E-state index in [0.717, 1.165) is 4.90 Å². The van der Waals surface area contributed by atoms with E-state index in [4.69, 9.17) is 10.8 Å². The van der Waals surface area contributed by atoms with E-state index in [-0.39, 0.29) is 0 Å². The summed E-state index contributed by atoms with van der Waals surface area (Å²) in [7, 11) is 1.33. The number of rotatable bonds is 2. The van der Waals surface area contributed by atoms with Crippen LogP contribution in [0.4, 0.5) is 24.5 Å². The number of nitrogen functional groups attached to an aromatic ring is 1. The van der Waals surface area contributed by atoms with Gasteiger partial charge in [-0.15, -0.1) is 0 Å². The van der Waals surface area contributed by atoms with Gasteiger partial charge in [-0.05, 0) is 30.3 Å². The number of nitrogens with zero attached hydrogens (tertiary/aromatic N) is 1. The van der Waals surface area contributed by atoms with E-state index in [9.17, 15) is 18.0 Å². The molecule has 7 heteroatoms. The number of anilines is 2. The molecule has 21 heavy (non-hydrogen) atoms. The highest BCUT2D eigenvalue weighted by atomic mass is 19.2. The molecule has 0 aliphatic rings. The maximum absolute atomic E-state index is 13.7. The monoisotopic (exact) mass is 296 g/mol. The van der Waals surface area contributed by atoms with Gasteiger partial charge in [0.2, 0.25) is 5.82 Å². The van der Waals surface area contributed by atoms with Crippen LogP contribution in [0.1, 0.15) is 10.4 Å². The van der Waals surface area contributed by atoms with Crippen molar-refractivity contribution in [2.45, 2.75) is 0 Å². The Hall–Kier alpha value is -2.70. The van der Waals surface area contributed by atoms with Gasteiger partial charge in [0.15, 0.2) is 17.4 Å². The molecule has 0 saturated heterocycles. The first-order chi connectivity index (χ1) is 9.82. The number of benzene rings is 2. The van der Waals surface area contributed by atoms with Crippen LogP contribution in [0, 0.1) is 17.5 Å². The van der Waals surface area contributed by atoms with Crippen molar-refractivity contribution in [1.82, 2.24) is 0 Å². The summed E-state index contributed by atoms with van der Waals surface area (Å²) in [6, 6.07) is 6.46. The van der Waals surface area contributed by atoms with Gasteiger partial charge in [-0.25, -0.2) is 8.78 Å². The summed E-state index contributed by atoms with van der Waals surface area (Å²) in [6.45, 7) is 0. The van der Waals surface area contributed by atoms with Crippen LogP contribution in [-0.2, 0) is 0 Å². The predicted octanol–water partition coefficient (Wildman–Crippen LogP) is 2.67. The normalized spacial score (nSPS) is 10.5. The zero-order valence-corrected chi connectivity index (χ0v) is 10.9. The highest BCUT2D eigenvalue weighted by Gasteiger charge is 2.25. The molecule has 3 N–H and O–H groups in total. The number of halogens is 3. The Morgan fingerprint density at radius 3 is 2.29 bits per heavy atom. The van der Waals surface area contributed by atoms with Crippen LogP contribution in [0.2, 0.25) is 0 Å². The smallest absolute Gasteiger partial charge is 0.261 e. The fourth-order valence-electron chi connectivity index (χ4n) is 1.74. The number of nitrogens with two attached hydrogens (primary N) is 1. The van der Waals surface area contributed by atoms with Gasteiger partial charge in [-0.2, -0.15) is 4.39 Å². The maximum atomic E-state index is 13.7. The minimum Gasteiger partial charge on any atom is -0.503 e. The zero-order chi connectivity index (χ0) is 15.7. The molecular weight excluding hydrogens is 285 g/mol. The molecule has 0 heterocycles. The first-order valence-electron chi connectivity index (χ1n) is 5.83. The third-order valence-electron chi connectivity index (χ3n) is 2.95. The Balaban J connectivity index is 2.42. The van der Waals surface area contributed by atoms with E-state index in [1.54, 1.807) is 0 Å². The molecule has 110 valence electrons. The summed E-state index contributed by atoms with van der Waals surface area (Å²) < 4.78 is 39.9. The van der Waals surface area contributed by atoms with Crippen molar-refractivity contribution in [3.05, 3.63) is 53.3 Å².